The Morgan fingerprint density at radius 1 is 1.60 bits per heavy atom. The second-order valence-corrected chi connectivity index (χ2v) is 2.05. The number of hydrogen-bond donors (Lipinski definition) is 1. The Kier molecular flexibility index (Phi) is 4.63. The number of allylic oxidation sites excluding steroid dienone is 2. The summed E-state index contributed by atoms with van der Waals surface area (Å²) in [6.45, 7) is 6.04. The van der Waals surface area contributed by atoms with E-state index in [4.69, 9.17) is 0 Å². The highest BCUT2D eigenvalue weighted by atomic mass is 14.9. The van der Waals surface area contributed by atoms with E-state index in [-0.39, 0.29) is 0 Å². The lowest BCUT2D eigenvalue weighted by molar-refractivity contribution is 0.869. The highest BCUT2D eigenvalue weighted by Gasteiger charge is 1.92. The highest BCUT2D eigenvalue weighted by molar-refractivity contribution is 5.55. The summed E-state index contributed by atoms with van der Waals surface area (Å²) in [5.41, 5.74) is 2.28. The summed E-state index contributed by atoms with van der Waals surface area (Å²) in [5, 5.41) is 3.10. The smallest absolute Gasteiger partial charge is 0.0557 e. The third-order valence-corrected chi connectivity index (χ3v) is 1.41. The lowest BCUT2D eigenvalue weighted by Crippen LogP contribution is -2.06. The number of nitrogens with one attached hydrogen (secondary N) is 1. The number of nitrogens with zero attached hydrogens (tertiary/aromatic N) is 1. The average molecular weight is 140 g/mol. The van der Waals surface area contributed by atoms with Gasteiger partial charge in [0.05, 0.1) is 5.70 Å². The lowest BCUT2D eigenvalue weighted by atomic mass is 10.3. The van der Waals surface area contributed by atoms with Crippen molar-refractivity contribution in [2.24, 2.45) is 4.99 Å². The number of hydrogen-bond acceptors (Lipinski definition) is 2. The SMILES string of the molecule is CC=N/C(C)=C(/CC)NC. The van der Waals surface area contributed by atoms with Crippen LogP contribution in [0.3, 0.4) is 0 Å². The summed E-state index contributed by atoms with van der Waals surface area (Å²) in [6.07, 6.45) is 2.82. The van der Waals surface area contributed by atoms with Crippen molar-refractivity contribution in [2.45, 2.75) is 27.2 Å². The summed E-state index contributed by atoms with van der Waals surface area (Å²) in [6, 6.07) is 0. The Hall–Kier alpha value is -0.790. The molecular formula is C8H16N2. The van der Waals surface area contributed by atoms with E-state index < -0.39 is 0 Å². The molecule has 0 heterocycles. The van der Waals surface area contributed by atoms with Gasteiger partial charge in [0.15, 0.2) is 0 Å². The van der Waals surface area contributed by atoms with Crippen LogP contribution in [0, 0.1) is 0 Å². The van der Waals surface area contributed by atoms with E-state index in [1.807, 2.05) is 27.1 Å². The van der Waals surface area contributed by atoms with Crippen LogP contribution < -0.4 is 5.32 Å². The van der Waals surface area contributed by atoms with Crippen molar-refractivity contribution in [2.75, 3.05) is 7.05 Å². The molecule has 0 fully saturated rings. The first-order valence-corrected chi connectivity index (χ1v) is 3.62. The van der Waals surface area contributed by atoms with Gasteiger partial charge in [-0.15, -0.1) is 0 Å². The van der Waals surface area contributed by atoms with Gasteiger partial charge in [0.2, 0.25) is 0 Å². The fourth-order valence-corrected chi connectivity index (χ4v) is 0.885. The van der Waals surface area contributed by atoms with Crippen LogP contribution in [0.15, 0.2) is 16.4 Å². The molecule has 0 aliphatic rings. The topological polar surface area (TPSA) is 24.4 Å². The molecule has 1 N–H and O–H groups in total. The molecule has 0 saturated carbocycles. The van der Waals surface area contributed by atoms with Gasteiger partial charge in [0.25, 0.3) is 0 Å². The summed E-state index contributed by atoms with van der Waals surface area (Å²) in [5.74, 6) is 0. The molecule has 2 nitrogen and oxygen atoms in total. The van der Waals surface area contributed by atoms with Crippen LogP contribution in [-0.2, 0) is 0 Å². The molecule has 0 aromatic rings. The zero-order valence-electron chi connectivity index (χ0n) is 7.23. The van der Waals surface area contributed by atoms with Gasteiger partial charge in [0, 0.05) is 19.0 Å². The first kappa shape index (κ1) is 9.21. The van der Waals surface area contributed by atoms with Gasteiger partial charge in [0.1, 0.15) is 0 Å². The van der Waals surface area contributed by atoms with Crippen molar-refractivity contribution in [3.05, 3.63) is 11.4 Å². The molecule has 0 aromatic heterocycles. The summed E-state index contributed by atoms with van der Waals surface area (Å²) >= 11 is 0. The molecule has 0 spiro atoms. The van der Waals surface area contributed by atoms with Gasteiger partial charge < -0.3 is 5.32 Å². The molecule has 0 bridgehead atoms. The van der Waals surface area contributed by atoms with Crippen LogP contribution in [0.5, 0.6) is 0 Å². The monoisotopic (exact) mass is 140 g/mol. The molecule has 0 amide bonds. The molecule has 58 valence electrons. The van der Waals surface area contributed by atoms with Crippen molar-refractivity contribution in [1.82, 2.24) is 5.32 Å². The molecule has 0 aliphatic carbocycles. The fraction of sp³-hybridized carbons (Fsp3) is 0.625. The molecule has 0 unspecified atom stereocenters. The Balaban J connectivity index is 4.27. The first-order valence-electron chi connectivity index (χ1n) is 3.62. The van der Waals surface area contributed by atoms with Crippen molar-refractivity contribution in [1.29, 1.82) is 0 Å². The number of aliphatic imine (C=N–C) groups is 1. The van der Waals surface area contributed by atoms with Crippen LogP contribution >= 0.6 is 0 Å². The van der Waals surface area contributed by atoms with Crippen LogP contribution in [0.25, 0.3) is 0 Å². The van der Waals surface area contributed by atoms with E-state index >= 15 is 0 Å². The molecule has 10 heavy (non-hydrogen) atoms. The Morgan fingerprint density at radius 3 is 2.50 bits per heavy atom. The quantitative estimate of drug-likeness (QED) is 0.595. The average Bonchev–Trinajstić information content (AvgIpc) is 1.91. The van der Waals surface area contributed by atoms with Crippen molar-refractivity contribution in [3.8, 4) is 0 Å². The molecule has 0 aliphatic heterocycles. The minimum absolute atomic E-state index is 1.01. The van der Waals surface area contributed by atoms with Gasteiger partial charge in [-0.2, -0.15) is 0 Å². The van der Waals surface area contributed by atoms with E-state index in [0.29, 0.717) is 0 Å². The maximum absolute atomic E-state index is 4.16. The third kappa shape index (κ3) is 2.67. The zero-order valence-corrected chi connectivity index (χ0v) is 7.23. The molecule has 0 aromatic carbocycles. The maximum Gasteiger partial charge on any atom is 0.0557 e. The van der Waals surface area contributed by atoms with Gasteiger partial charge in [-0.25, -0.2) is 0 Å². The zero-order chi connectivity index (χ0) is 7.98. The van der Waals surface area contributed by atoms with E-state index in [2.05, 4.69) is 17.2 Å². The molecular weight excluding hydrogens is 124 g/mol. The minimum Gasteiger partial charge on any atom is -0.390 e. The van der Waals surface area contributed by atoms with Crippen molar-refractivity contribution in [3.63, 3.8) is 0 Å². The summed E-state index contributed by atoms with van der Waals surface area (Å²) in [7, 11) is 1.92. The maximum atomic E-state index is 4.16. The van der Waals surface area contributed by atoms with Gasteiger partial charge in [-0.3, -0.25) is 4.99 Å². The van der Waals surface area contributed by atoms with E-state index in [0.717, 1.165) is 12.1 Å². The normalized spacial score (nSPS) is 13.6. The standard InChI is InChI=1S/C8H16N2/c1-5-8(9-4)7(3)10-6-2/h6,9H,5H2,1-4H3/b8-7-,10-6?. The van der Waals surface area contributed by atoms with Gasteiger partial charge in [-0.1, -0.05) is 6.92 Å². The van der Waals surface area contributed by atoms with Crippen LogP contribution in [-0.4, -0.2) is 13.3 Å². The first-order chi connectivity index (χ1) is 4.76. The van der Waals surface area contributed by atoms with Crippen LogP contribution in [0.4, 0.5) is 0 Å². The van der Waals surface area contributed by atoms with Crippen molar-refractivity contribution < 1.29 is 0 Å². The molecule has 2 heteroatoms. The van der Waals surface area contributed by atoms with E-state index in [9.17, 15) is 0 Å². The van der Waals surface area contributed by atoms with E-state index in [1.54, 1.807) is 0 Å². The lowest BCUT2D eigenvalue weighted by Gasteiger charge is -2.04. The predicted octanol–water partition coefficient (Wildman–Crippen LogP) is 1.94. The predicted molar refractivity (Wildman–Crippen MR) is 46.2 cm³/mol. The summed E-state index contributed by atoms with van der Waals surface area (Å²) in [4.78, 5) is 4.16. The van der Waals surface area contributed by atoms with E-state index in [1.165, 1.54) is 5.70 Å². The van der Waals surface area contributed by atoms with Crippen LogP contribution in [0.1, 0.15) is 27.2 Å². The largest absolute Gasteiger partial charge is 0.390 e. The third-order valence-electron chi connectivity index (χ3n) is 1.41. The molecule has 0 rings (SSSR count). The Morgan fingerprint density at radius 2 is 2.20 bits per heavy atom. The van der Waals surface area contributed by atoms with Gasteiger partial charge >= 0.3 is 0 Å². The molecule has 0 radical (unpaired) electrons. The van der Waals surface area contributed by atoms with Crippen LogP contribution in [0.2, 0.25) is 0 Å². The minimum atomic E-state index is 1.01. The Labute approximate surface area is 63.0 Å². The van der Waals surface area contributed by atoms with Gasteiger partial charge in [-0.05, 0) is 20.3 Å². The highest BCUT2D eigenvalue weighted by Crippen LogP contribution is 2.04. The summed E-state index contributed by atoms with van der Waals surface area (Å²) < 4.78 is 0. The fourth-order valence-electron chi connectivity index (χ4n) is 0.885. The molecule has 0 atom stereocenters. The second-order valence-electron chi connectivity index (χ2n) is 2.05. The number of rotatable bonds is 3. The molecule has 0 saturated heterocycles. The Bertz CT molecular complexity index is 139. The second kappa shape index (κ2) is 5.03. The van der Waals surface area contributed by atoms with Crippen molar-refractivity contribution >= 4 is 6.21 Å².